The third-order valence-corrected chi connectivity index (χ3v) is 5.21. The maximum absolute atomic E-state index is 6.32. The Kier molecular flexibility index (Phi) is 11.4. The highest BCUT2D eigenvalue weighted by atomic mass is 127. The summed E-state index contributed by atoms with van der Waals surface area (Å²) in [4.78, 5) is 7.27. The molecule has 2 N–H and O–H groups in total. The van der Waals surface area contributed by atoms with Crippen molar-refractivity contribution in [3.05, 3.63) is 28.8 Å². The molecule has 1 fully saturated rings. The van der Waals surface area contributed by atoms with Gasteiger partial charge in [-0.05, 0) is 57.7 Å². The highest BCUT2D eigenvalue weighted by Gasteiger charge is 2.21. The second-order valence-electron chi connectivity index (χ2n) is 7.02. The summed E-state index contributed by atoms with van der Waals surface area (Å²) in [5.41, 5.74) is 1.09. The van der Waals surface area contributed by atoms with Crippen molar-refractivity contribution < 1.29 is 4.74 Å². The smallest absolute Gasteiger partial charge is 0.191 e. The summed E-state index contributed by atoms with van der Waals surface area (Å²) in [6.45, 7) is 10.5. The van der Waals surface area contributed by atoms with Crippen LogP contribution in [0, 0.1) is 0 Å². The van der Waals surface area contributed by atoms with Gasteiger partial charge in [-0.3, -0.25) is 4.99 Å². The van der Waals surface area contributed by atoms with Crippen LogP contribution in [0.25, 0.3) is 0 Å². The molecule has 0 atom stereocenters. The van der Waals surface area contributed by atoms with Crippen LogP contribution in [0.15, 0.2) is 23.2 Å². The number of hydrogen-bond acceptors (Lipinski definition) is 3. The van der Waals surface area contributed by atoms with Gasteiger partial charge in [0.25, 0.3) is 0 Å². The first-order chi connectivity index (χ1) is 12.5. The molecule has 2 rings (SSSR count). The Balaban J connectivity index is 0.00000364. The minimum atomic E-state index is 0. The van der Waals surface area contributed by atoms with Crippen LogP contribution < -0.4 is 15.4 Å². The van der Waals surface area contributed by atoms with E-state index in [1.54, 1.807) is 7.11 Å². The first kappa shape index (κ1) is 24.3. The van der Waals surface area contributed by atoms with E-state index in [0.29, 0.717) is 18.6 Å². The topological polar surface area (TPSA) is 48.9 Å². The van der Waals surface area contributed by atoms with Crippen molar-refractivity contribution in [1.82, 2.24) is 15.5 Å². The number of halogens is 2. The molecule has 1 heterocycles. The predicted molar refractivity (Wildman–Crippen MR) is 126 cm³/mol. The van der Waals surface area contributed by atoms with Crippen LogP contribution in [-0.4, -0.2) is 56.2 Å². The second kappa shape index (κ2) is 12.7. The Bertz CT molecular complexity index is 589. The quantitative estimate of drug-likeness (QED) is 0.333. The van der Waals surface area contributed by atoms with Gasteiger partial charge in [-0.25, -0.2) is 0 Å². The van der Waals surface area contributed by atoms with Gasteiger partial charge >= 0.3 is 0 Å². The van der Waals surface area contributed by atoms with Crippen molar-refractivity contribution in [3.63, 3.8) is 0 Å². The van der Waals surface area contributed by atoms with E-state index in [-0.39, 0.29) is 24.0 Å². The number of nitrogens with zero attached hydrogens (tertiary/aromatic N) is 2. The SMILES string of the molecule is CCNC(=NCCc1ccc(OC)cc1Cl)NC1CCN(C(C)C)CC1.I. The van der Waals surface area contributed by atoms with Crippen LogP contribution in [0.5, 0.6) is 5.75 Å². The van der Waals surface area contributed by atoms with E-state index in [1.165, 1.54) is 0 Å². The molecule has 1 aromatic rings. The Morgan fingerprint density at radius 2 is 2.04 bits per heavy atom. The fourth-order valence-electron chi connectivity index (χ4n) is 3.22. The number of methoxy groups -OCH3 is 1. The fourth-order valence-corrected chi connectivity index (χ4v) is 3.48. The standard InChI is InChI=1S/C20H33ClN4O.HI/c1-5-22-20(24-17-9-12-25(13-10-17)15(2)3)23-11-8-16-6-7-18(26-4)14-19(16)21;/h6-7,14-15,17H,5,8-13H2,1-4H3,(H2,22,23,24);1H. The van der Waals surface area contributed by atoms with Gasteiger partial charge in [-0.1, -0.05) is 17.7 Å². The van der Waals surface area contributed by atoms with E-state index in [9.17, 15) is 0 Å². The van der Waals surface area contributed by atoms with Gasteiger partial charge in [0.2, 0.25) is 0 Å². The first-order valence-corrected chi connectivity index (χ1v) is 10.0. The van der Waals surface area contributed by atoms with E-state index >= 15 is 0 Å². The summed E-state index contributed by atoms with van der Waals surface area (Å²) in [7, 11) is 1.65. The van der Waals surface area contributed by atoms with Crippen molar-refractivity contribution in [1.29, 1.82) is 0 Å². The molecule has 0 aromatic heterocycles. The Hall–Kier alpha value is -0.730. The predicted octanol–water partition coefficient (Wildman–Crippen LogP) is 3.94. The number of ether oxygens (including phenoxy) is 1. The van der Waals surface area contributed by atoms with E-state index in [2.05, 4.69) is 36.3 Å². The summed E-state index contributed by atoms with van der Waals surface area (Å²) in [6, 6.07) is 6.93. The lowest BCUT2D eigenvalue weighted by Crippen LogP contribution is -2.49. The average molecular weight is 509 g/mol. The van der Waals surface area contributed by atoms with Crippen molar-refractivity contribution in [2.24, 2.45) is 4.99 Å². The summed E-state index contributed by atoms with van der Waals surface area (Å²) in [5, 5.41) is 7.68. The molecule has 0 saturated carbocycles. The molecule has 0 bridgehead atoms. The van der Waals surface area contributed by atoms with Crippen LogP contribution in [0.3, 0.4) is 0 Å². The Labute approximate surface area is 186 Å². The maximum Gasteiger partial charge on any atom is 0.191 e. The zero-order chi connectivity index (χ0) is 18.9. The molecular weight excluding hydrogens is 475 g/mol. The van der Waals surface area contributed by atoms with E-state index in [4.69, 9.17) is 21.3 Å². The molecule has 0 radical (unpaired) electrons. The summed E-state index contributed by atoms with van der Waals surface area (Å²) < 4.78 is 5.20. The number of rotatable bonds is 7. The van der Waals surface area contributed by atoms with Crippen molar-refractivity contribution in [2.75, 3.05) is 33.3 Å². The molecule has 5 nitrogen and oxygen atoms in total. The number of likely N-dealkylation sites (tertiary alicyclic amines) is 1. The molecular formula is C20H34ClIN4O. The van der Waals surface area contributed by atoms with Gasteiger partial charge in [-0.15, -0.1) is 24.0 Å². The molecule has 1 aliphatic rings. The highest BCUT2D eigenvalue weighted by molar-refractivity contribution is 14.0. The summed E-state index contributed by atoms with van der Waals surface area (Å²) >= 11 is 6.32. The number of piperidine rings is 1. The molecule has 1 aliphatic heterocycles. The number of hydrogen-bond donors (Lipinski definition) is 2. The zero-order valence-corrected chi connectivity index (χ0v) is 20.0. The number of guanidine groups is 1. The van der Waals surface area contributed by atoms with Crippen LogP contribution >= 0.6 is 35.6 Å². The maximum atomic E-state index is 6.32. The van der Waals surface area contributed by atoms with Gasteiger partial charge in [-0.2, -0.15) is 0 Å². The lowest BCUT2D eigenvalue weighted by atomic mass is 10.0. The van der Waals surface area contributed by atoms with E-state index in [0.717, 1.165) is 61.2 Å². The lowest BCUT2D eigenvalue weighted by Gasteiger charge is -2.35. The minimum Gasteiger partial charge on any atom is -0.497 e. The van der Waals surface area contributed by atoms with Crippen molar-refractivity contribution in [2.45, 2.75) is 52.1 Å². The monoisotopic (exact) mass is 508 g/mol. The third kappa shape index (κ3) is 8.03. The Morgan fingerprint density at radius 3 is 2.59 bits per heavy atom. The summed E-state index contributed by atoms with van der Waals surface area (Å²) in [6.07, 6.45) is 3.13. The molecule has 0 spiro atoms. The molecule has 1 saturated heterocycles. The highest BCUT2D eigenvalue weighted by Crippen LogP contribution is 2.22. The van der Waals surface area contributed by atoms with Gasteiger partial charge < -0.3 is 20.3 Å². The molecule has 0 aliphatic carbocycles. The minimum absolute atomic E-state index is 0. The van der Waals surface area contributed by atoms with Gasteiger partial charge in [0, 0.05) is 43.3 Å². The molecule has 154 valence electrons. The van der Waals surface area contributed by atoms with Gasteiger partial charge in [0.15, 0.2) is 5.96 Å². The van der Waals surface area contributed by atoms with Crippen molar-refractivity contribution in [3.8, 4) is 5.75 Å². The van der Waals surface area contributed by atoms with Crippen LogP contribution in [0.4, 0.5) is 0 Å². The van der Waals surface area contributed by atoms with Gasteiger partial charge in [0.1, 0.15) is 5.75 Å². The molecule has 7 heteroatoms. The number of nitrogens with one attached hydrogen (secondary N) is 2. The normalized spacial score (nSPS) is 16.1. The molecule has 0 unspecified atom stereocenters. The largest absolute Gasteiger partial charge is 0.497 e. The van der Waals surface area contributed by atoms with E-state index < -0.39 is 0 Å². The number of aliphatic imine (C=N–C) groups is 1. The molecule has 1 aromatic carbocycles. The van der Waals surface area contributed by atoms with Crippen LogP contribution in [-0.2, 0) is 6.42 Å². The van der Waals surface area contributed by atoms with Crippen molar-refractivity contribution >= 4 is 41.5 Å². The molecule has 27 heavy (non-hydrogen) atoms. The lowest BCUT2D eigenvalue weighted by molar-refractivity contribution is 0.167. The first-order valence-electron chi connectivity index (χ1n) is 9.64. The summed E-state index contributed by atoms with van der Waals surface area (Å²) in [5.74, 6) is 1.69. The fraction of sp³-hybridized carbons (Fsp3) is 0.650. The zero-order valence-electron chi connectivity index (χ0n) is 16.9. The van der Waals surface area contributed by atoms with Gasteiger partial charge in [0.05, 0.1) is 7.11 Å². The van der Waals surface area contributed by atoms with E-state index in [1.807, 2.05) is 18.2 Å². The number of benzene rings is 1. The average Bonchev–Trinajstić information content (AvgIpc) is 2.63. The second-order valence-corrected chi connectivity index (χ2v) is 7.42. The van der Waals surface area contributed by atoms with Crippen LogP contribution in [0.1, 0.15) is 39.2 Å². The Morgan fingerprint density at radius 1 is 1.33 bits per heavy atom. The van der Waals surface area contributed by atoms with Crippen LogP contribution in [0.2, 0.25) is 5.02 Å². The molecule has 0 amide bonds. The third-order valence-electron chi connectivity index (χ3n) is 4.86.